The zero-order valence-electron chi connectivity index (χ0n) is 10.5. The second-order valence-corrected chi connectivity index (χ2v) is 5.87. The van der Waals surface area contributed by atoms with Gasteiger partial charge in [0.2, 0.25) is 0 Å². The molecule has 0 heterocycles. The molecule has 0 aliphatic carbocycles. The van der Waals surface area contributed by atoms with Gasteiger partial charge in [0.25, 0.3) is 10.2 Å². The van der Waals surface area contributed by atoms with Crippen molar-refractivity contribution < 1.29 is 34.8 Å². The molecular formula is C10H10F6N2O2S. The Kier molecular flexibility index (Phi) is 4.61. The minimum absolute atomic E-state index is 0.0412. The number of hydrogen-bond donors (Lipinski definition) is 1. The van der Waals surface area contributed by atoms with E-state index in [0.29, 0.717) is 16.4 Å². The second kappa shape index (κ2) is 5.46. The van der Waals surface area contributed by atoms with Gasteiger partial charge in [0.05, 0.1) is 11.1 Å². The highest BCUT2D eigenvalue weighted by molar-refractivity contribution is 7.86. The summed E-state index contributed by atoms with van der Waals surface area (Å²) in [5.41, 5.74) is -3.51. The third-order valence-electron chi connectivity index (χ3n) is 2.49. The molecule has 0 atom stereocenters. The molecule has 1 aromatic rings. The summed E-state index contributed by atoms with van der Waals surface area (Å²) in [4.78, 5) is 0. The van der Waals surface area contributed by atoms with Crippen LogP contribution < -0.4 is 5.14 Å². The quantitative estimate of drug-likeness (QED) is 0.862. The topological polar surface area (TPSA) is 63.4 Å². The van der Waals surface area contributed by atoms with Gasteiger partial charge in [0.15, 0.2) is 0 Å². The molecule has 0 amide bonds. The Bertz CT molecular complexity index is 591. The summed E-state index contributed by atoms with van der Waals surface area (Å²) in [5, 5.41) is 4.73. The van der Waals surface area contributed by atoms with Gasteiger partial charge in [-0.2, -0.15) is 39.1 Å². The van der Waals surface area contributed by atoms with Gasteiger partial charge in [0, 0.05) is 13.6 Å². The van der Waals surface area contributed by atoms with Crippen molar-refractivity contribution in [2.45, 2.75) is 18.9 Å². The number of hydrogen-bond acceptors (Lipinski definition) is 2. The highest BCUT2D eigenvalue weighted by atomic mass is 32.2. The van der Waals surface area contributed by atoms with Crippen molar-refractivity contribution in [1.82, 2.24) is 4.31 Å². The molecule has 0 radical (unpaired) electrons. The second-order valence-electron chi connectivity index (χ2n) is 4.22. The standard InChI is InChI=1S/C10H10F6N2O2S/c1-18(21(17,19)20)5-6-2-7(9(11,12)13)4-8(3-6)10(14,15)16/h2-4H,5H2,1H3,(H2,17,19,20). The van der Waals surface area contributed by atoms with Crippen LogP contribution in [0.25, 0.3) is 0 Å². The van der Waals surface area contributed by atoms with E-state index in [1.807, 2.05) is 0 Å². The Balaban J connectivity index is 3.33. The fourth-order valence-corrected chi connectivity index (χ4v) is 1.79. The lowest BCUT2D eigenvalue weighted by molar-refractivity contribution is -0.143. The molecule has 11 heteroatoms. The maximum Gasteiger partial charge on any atom is 0.416 e. The van der Waals surface area contributed by atoms with Crippen molar-refractivity contribution in [3.8, 4) is 0 Å². The molecule has 1 aromatic carbocycles. The molecule has 4 nitrogen and oxygen atoms in total. The summed E-state index contributed by atoms with van der Waals surface area (Å²) in [6, 6.07) is 0.842. The molecule has 0 bridgehead atoms. The zero-order chi connectivity index (χ0) is 16.6. The van der Waals surface area contributed by atoms with Crippen LogP contribution in [0.3, 0.4) is 0 Å². The van der Waals surface area contributed by atoms with Crippen LogP contribution in [0.5, 0.6) is 0 Å². The normalized spacial score (nSPS) is 13.8. The number of nitrogens with zero attached hydrogens (tertiary/aromatic N) is 1. The molecule has 0 unspecified atom stereocenters. The maximum atomic E-state index is 12.6. The summed E-state index contributed by atoms with van der Waals surface area (Å²) >= 11 is 0. The van der Waals surface area contributed by atoms with E-state index in [-0.39, 0.29) is 6.07 Å². The summed E-state index contributed by atoms with van der Waals surface area (Å²) in [5.74, 6) is 0. The predicted molar refractivity (Wildman–Crippen MR) is 61.0 cm³/mol. The molecule has 0 aliphatic rings. The Morgan fingerprint density at radius 2 is 1.38 bits per heavy atom. The summed E-state index contributed by atoms with van der Waals surface area (Å²) in [6.07, 6.45) is -9.98. The van der Waals surface area contributed by atoms with Crippen molar-refractivity contribution in [3.05, 3.63) is 34.9 Å². The molecule has 120 valence electrons. The minimum atomic E-state index is -4.99. The summed E-state index contributed by atoms with van der Waals surface area (Å²) < 4.78 is 97.9. The average molecular weight is 336 g/mol. The molecule has 0 aliphatic heterocycles. The van der Waals surface area contributed by atoms with Crippen molar-refractivity contribution in [2.24, 2.45) is 5.14 Å². The average Bonchev–Trinajstić information content (AvgIpc) is 2.24. The Labute approximate surface area is 116 Å². The first kappa shape index (κ1) is 17.7. The van der Waals surface area contributed by atoms with E-state index < -0.39 is 45.8 Å². The van der Waals surface area contributed by atoms with Crippen LogP contribution in [0.2, 0.25) is 0 Å². The van der Waals surface area contributed by atoms with E-state index in [1.165, 1.54) is 0 Å². The van der Waals surface area contributed by atoms with Gasteiger partial charge in [-0.25, -0.2) is 5.14 Å². The number of halogens is 6. The van der Waals surface area contributed by atoms with Crippen LogP contribution in [-0.2, 0) is 29.1 Å². The van der Waals surface area contributed by atoms with Gasteiger partial charge in [-0.3, -0.25) is 0 Å². The highest BCUT2D eigenvalue weighted by Gasteiger charge is 2.37. The first-order valence-electron chi connectivity index (χ1n) is 5.23. The molecular weight excluding hydrogens is 326 g/mol. The van der Waals surface area contributed by atoms with Crippen molar-refractivity contribution in [2.75, 3.05) is 7.05 Å². The Morgan fingerprint density at radius 3 is 1.67 bits per heavy atom. The number of alkyl halides is 6. The lowest BCUT2D eigenvalue weighted by Gasteiger charge is -2.17. The van der Waals surface area contributed by atoms with E-state index in [1.54, 1.807) is 0 Å². The van der Waals surface area contributed by atoms with Gasteiger partial charge in [-0.05, 0) is 23.8 Å². The van der Waals surface area contributed by atoms with Crippen molar-refractivity contribution >= 4 is 10.2 Å². The third kappa shape index (κ3) is 4.86. The van der Waals surface area contributed by atoms with Gasteiger partial charge in [0.1, 0.15) is 0 Å². The van der Waals surface area contributed by atoms with E-state index in [4.69, 9.17) is 5.14 Å². The smallest absolute Gasteiger partial charge is 0.216 e. The van der Waals surface area contributed by atoms with Gasteiger partial charge >= 0.3 is 12.4 Å². The number of benzene rings is 1. The van der Waals surface area contributed by atoms with Crippen molar-refractivity contribution in [1.29, 1.82) is 0 Å². The summed E-state index contributed by atoms with van der Waals surface area (Å²) in [6.45, 7) is -0.716. The lowest BCUT2D eigenvalue weighted by Crippen LogP contribution is -2.32. The molecule has 0 saturated heterocycles. The molecule has 2 N–H and O–H groups in total. The minimum Gasteiger partial charge on any atom is -0.216 e. The van der Waals surface area contributed by atoms with Gasteiger partial charge < -0.3 is 0 Å². The van der Waals surface area contributed by atoms with Crippen LogP contribution in [0.4, 0.5) is 26.3 Å². The third-order valence-corrected chi connectivity index (χ3v) is 3.49. The predicted octanol–water partition coefficient (Wildman–Crippen LogP) is 2.36. The van der Waals surface area contributed by atoms with E-state index in [2.05, 4.69) is 0 Å². The van der Waals surface area contributed by atoms with Crippen LogP contribution in [0.1, 0.15) is 16.7 Å². The highest BCUT2D eigenvalue weighted by Crippen LogP contribution is 2.36. The van der Waals surface area contributed by atoms with E-state index >= 15 is 0 Å². The first-order valence-corrected chi connectivity index (χ1v) is 6.74. The van der Waals surface area contributed by atoms with Crippen LogP contribution in [0, 0.1) is 0 Å². The molecule has 1 rings (SSSR count). The SMILES string of the molecule is CN(Cc1cc(C(F)(F)F)cc(C(F)(F)F)c1)S(N)(=O)=O. The summed E-state index contributed by atoms with van der Waals surface area (Å²) in [7, 11) is -3.29. The molecule has 0 spiro atoms. The molecule has 21 heavy (non-hydrogen) atoms. The van der Waals surface area contributed by atoms with E-state index in [9.17, 15) is 34.8 Å². The first-order chi connectivity index (χ1) is 9.21. The zero-order valence-corrected chi connectivity index (χ0v) is 11.3. The largest absolute Gasteiger partial charge is 0.416 e. The Morgan fingerprint density at radius 1 is 1.00 bits per heavy atom. The van der Waals surface area contributed by atoms with Gasteiger partial charge in [-0.15, -0.1) is 0 Å². The molecule has 0 saturated carbocycles. The van der Waals surface area contributed by atoms with Crippen LogP contribution in [-0.4, -0.2) is 19.8 Å². The van der Waals surface area contributed by atoms with Crippen LogP contribution in [0.15, 0.2) is 18.2 Å². The number of rotatable bonds is 3. The van der Waals surface area contributed by atoms with Crippen molar-refractivity contribution in [3.63, 3.8) is 0 Å². The fraction of sp³-hybridized carbons (Fsp3) is 0.400. The van der Waals surface area contributed by atoms with Crippen LogP contribution >= 0.6 is 0 Å². The molecule has 0 fully saturated rings. The Hall–Kier alpha value is -1.33. The maximum absolute atomic E-state index is 12.6. The van der Waals surface area contributed by atoms with Gasteiger partial charge in [-0.1, -0.05) is 0 Å². The number of nitrogens with two attached hydrogens (primary N) is 1. The lowest BCUT2D eigenvalue weighted by atomic mass is 10.0. The monoisotopic (exact) mass is 336 g/mol. The fourth-order valence-electron chi connectivity index (χ4n) is 1.46. The van der Waals surface area contributed by atoms with E-state index in [0.717, 1.165) is 7.05 Å². The molecule has 0 aromatic heterocycles.